The molecule has 0 aliphatic carbocycles. The third-order valence-electron chi connectivity index (χ3n) is 3.99. The van der Waals surface area contributed by atoms with E-state index in [0.717, 1.165) is 16.9 Å². The van der Waals surface area contributed by atoms with Gasteiger partial charge in [0.05, 0.1) is 0 Å². The lowest BCUT2D eigenvalue weighted by atomic mass is 9.95. The highest BCUT2D eigenvalue weighted by atomic mass is 79.9. The number of hydrogen-bond acceptors (Lipinski definition) is 3. The third kappa shape index (κ3) is 4.21. The normalized spacial score (nSPS) is 16.9. The lowest BCUT2D eigenvalue weighted by molar-refractivity contribution is 0.285. The van der Waals surface area contributed by atoms with Crippen molar-refractivity contribution in [3.05, 3.63) is 28.2 Å². The Balaban J connectivity index is 2.03. The molecule has 0 aromatic heterocycles. The number of hydrogen-bond donors (Lipinski definition) is 1. The zero-order valence-electron chi connectivity index (χ0n) is 12.8. The summed E-state index contributed by atoms with van der Waals surface area (Å²) in [7, 11) is 6.35. The summed E-state index contributed by atoms with van der Waals surface area (Å²) in [5, 5.41) is 3.27. The van der Waals surface area contributed by atoms with Crippen molar-refractivity contribution in [2.75, 3.05) is 45.7 Å². The summed E-state index contributed by atoms with van der Waals surface area (Å²) in [5.74, 6) is 0.851. The molecule has 1 saturated heterocycles. The molecule has 2 rings (SSSR count). The van der Waals surface area contributed by atoms with Gasteiger partial charge in [-0.05, 0) is 63.7 Å². The van der Waals surface area contributed by atoms with Gasteiger partial charge in [0.25, 0.3) is 0 Å². The Labute approximate surface area is 131 Å². The standard InChI is InChI=1S/C16H26BrN3/c1-18-11-14-10-15(17)4-5-16(14)20-8-6-13(7-9-20)12-19(2)3/h4-5,10,13,18H,6-9,11-12H2,1-3H3. The van der Waals surface area contributed by atoms with Crippen LogP contribution in [0.2, 0.25) is 0 Å². The van der Waals surface area contributed by atoms with Gasteiger partial charge in [-0.25, -0.2) is 0 Å². The molecule has 112 valence electrons. The first-order valence-corrected chi connectivity index (χ1v) is 8.22. The number of nitrogens with zero attached hydrogens (tertiary/aromatic N) is 2. The van der Waals surface area contributed by atoms with Gasteiger partial charge in [-0.3, -0.25) is 0 Å². The molecule has 1 aromatic rings. The van der Waals surface area contributed by atoms with Crippen LogP contribution >= 0.6 is 15.9 Å². The van der Waals surface area contributed by atoms with E-state index in [1.807, 2.05) is 7.05 Å². The van der Waals surface area contributed by atoms with Gasteiger partial charge in [0, 0.05) is 36.3 Å². The van der Waals surface area contributed by atoms with E-state index in [1.54, 1.807) is 0 Å². The molecule has 0 amide bonds. The second-order valence-electron chi connectivity index (χ2n) is 6.00. The smallest absolute Gasteiger partial charge is 0.0412 e. The molecular formula is C16H26BrN3. The minimum atomic E-state index is 0.851. The van der Waals surface area contributed by atoms with Crippen molar-refractivity contribution < 1.29 is 0 Å². The fourth-order valence-electron chi connectivity index (χ4n) is 3.07. The van der Waals surface area contributed by atoms with Crippen LogP contribution in [0.15, 0.2) is 22.7 Å². The maximum absolute atomic E-state index is 3.58. The number of rotatable bonds is 5. The summed E-state index contributed by atoms with van der Waals surface area (Å²) in [6.45, 7) is 4.50. The van der Waals surface area contributed by atoms with Gasteiger partial charge in [0.15, 0.2) is 0 Å². The summed E-state index contributed by atoms with van der Waals surface area (Å²) in [5.41, 5.74) is 2.78. The van der Waals surface area contributed by atoms with Gasteiger partial charge in [0.2, 0.25) is 0 Å². The fraction of sp³-hybridized carbons (Fsp3) is 0.625. The molecule has 0 unspecified atom stereocenters. The van der Waals surface area contributed by atoms with E-state index < -0.39 is 0 Å². The highest BCUT2D eigenvalue weighted by molar-refractivity contribution is 9.10. The van der Waals surface area contributed by atoms with Crippen LogP contribution in [0.3, 0.4) is 0 Å². The van der Waals surface area contributed by atoms with Gasteiger partial charge in [-0.1, -0.05) is 15.9 Å². The summed E-state index contributed by atoms with van der Waals surface area (Å²) in [4.78, 5) is 4.86. The summed E-state index contributed by atoms with van der Waals surface area (Å²) in [6.07, 6.45) is 2.60. The number of halogens is 1. The minimum Gasteiger partial charge on any atom is -0.371 e. The Morgan fingerprint density at radius 3 is 2.60 bits per heavy atom. The van der Waals surface area contributed by atoms with E-state index >= 15 is 0 Å². The van der Waals surface area contributed by atoms with Gasteiger partial charge >= 0.3 is 0 Å². The van der Waals surface area contributed by atoms with Crippen molar-refractivity contribution in [1.29, 1.82) is 0 Å². The first-order chi connectivity index (χ1) is 9.60. The lowest BCUT2D eigenvalue weighted by Gasteiger charge is -2.35. The van der Waals surface area contributed by atoms with Crippen LogP contribution in [0.1, 0.15) is 18.4 Å². The molecule has 20 heavy (non-hydrogen) atoms. The Morgan fingerprint density at radius 1 is 1.30 bits per heavy atom. The Kier molecular flexibility index (Phi) is 5.87. The highest BCUT2D eigenvalue weighted by Crippen LogP contribution is 2.28. The van der Waals surface area contributed by atoms with Gasteiger partial charge in [0.1, 0.15) is 0 Å². The Bertz CT molecular complexity index is 426. The first kappa shape index (κ1) is 15.8. The molecule has 0 saturated carbocycles. The van der Waals surface area contributed by atoms with Crippen molar-refractivity contribution >= 4 is 21.6 Å². The molecule has 0 atom stereocenters. The predicted octanol–water partition coefficient (Wildman–Crippen LogP) is 2.95. The molecule has 1 aromatic carbocycles. The lowest BCUT2D eigenvalue weighted by Crippen LogP contribution is -2.37. The van der Waals surface area contributed by atoms with Crippen molar-refractivity contribution in [2.24, 2.45) is 5.92 Å². The Morgan fingerprint density at radius 2 is 2.00 bits per heavy atom. The number of nitrogens with one attached hydrogen (secondary N) is 1. The molecule has 1 fully saturated rings. The summed E-state index contributed by atoms with van der Waals surface area (Å²) < 4.78 is 1.16. The van der Waals surface area contributed by atoms with Crippen LogP contribution < -0.4 is 10.2 Å². The van der Waals surface area contributed by atoms with Crippen molar-refractivity contribution in [1.82, 2.24) is 10.2 Å². The van der Waals surface area contributed by atoms with Crippen molar-refractivity contribution in [3.8, 4) is 0 Å². The second kappa shape index (κ2) is 7.43. The molecule has 4 heteroatoms. The van der Waals surface area contributed by atoms with Crippen molar-refractivity contribution in [2.45, 2.75) is 19.4 Å². The maximum atomic E-state index is 3.58. The molecular weight excluding hydrogens is 314 g/mol. The number of anilines is 1. The predicted molar refractivity (Wildman–Crippen MR) is 90.4 cm³/mol. The van der Waals surface area contributed by atoms with Gasteiger partial charge in [-0.2, -0.15) is 0 Å². The summed E-state index contributed by atoms with van der Waals surface area (Å²) in [6, 6.07) is 6.64. The topological polar surface area (TPSA) is 18.5 Å². The van der Waals surface area contributed by atoms with E-state index in [0.29, 0.717) is 0 Å². The van der Waals surface area contributed by atoms with E-state index in [2.05, 4.69) is 63.3 Å². The quantitative estimate of drug-likeness (QED) is 0.889. The zero-order valence-corrected chi connectivity index (χ0v) is 14.4. The molecule has 0 bridgehead atoms. The van der Waals surface area contributed by atoms with Gasteiger partial charge < -0.3 is 15.1 Å². The monoisotopic (exact) mass is 339 g/mol. The molecule has 3 nitrogen and oxygen atoms in total. The van der Waals surface area contributed by atoms with Crippen LogP contribution in [-0.2, 0) is 6.54 Å². The summed E-state index contributed by atoms with van der Waals surface area (Å²) >= 11 is 3.58. The highest BCUT2D eigenvalue weighted by Gasteiger charge is 2.21. The Hall–Kier alpha value is -0.580. The van der Waals surface area contributed by atoms with Crippen LogP contribution in [0.25, 0.3) is 0 Å². The molecule has 1 heterocycles. The molecule has 1 aliphatic rings. The first-order valence-electron chi connectivity index (χ1n) is 7.43. The largest absolute Gasteiger partial charge is 0.371 e. The maximum Gasteiger partial charge on any atom is 0.0412 e. The van der Waals surface area contributed by atoms with E-state index in [4.69, 9.17) is 0 Å². The van der Waals surface area contributed by atoms with Crippen molar-refractivity contribution in [3.63, 3.8) is 0 Å². The van der Waals surface area contributed by atoms with Crippen LogP contribution in [-0.4, -0.2) is 45.7 Å². The molecule has 0 spiro atoms. The molecule has 1 N–H and O–H groups in total. The third-order valence-corrected chi connectivity index (χ3v) is 4.48. The average Bonchev–Trinajstić information content (AvgIpc) is 2.40. The van der Waals surface area contributed by atoms with Gasteiger partial charge in [-0.15, -0.1) is 0 Å². The fourth-order valence-corrected chi connectivity index (χ4v) is 3.48. The SMILES string of the molecule is CNCc1cc(Br)ccc1N1CCC(CN(C)C)CC1. The van der Waals surface area contributed by atoms with Crippen LogP contribution in [0.5, 0.6) is 0 Å². The average molecular weight is 340 g/mol. The number of piperidine rings is 1. The molecule has 1 aliphatic heterocycles. The van der Waals surface area contributed by atoms with E-state index in [9.17, 15) is 0 Å². The van der Waals surface area contributed by atoms with Crippen LogP contribution in [0.4, 0.5) is 5.69 Å². The van der Waals surface area contributed by atoms with Crippen LogP contribution in [0, 0.1) is 5.92 Å². The van der Waals surface area contributed by atoms with E-state index in [1.165, 1.54) is 43.7 Å². The minimum absolute atomic E-state index is 0.851. The number of benzene rings is 1. The second-order valence-corrected chi connectivity index (χ2v) is 6.91. The zero-order chi connectivity index (χ0) is 14.5. The van der Waals surface area contributed by atoms with E-state index in [-0.39, 0.29) is 0 Å². The molecule has 0 radical (unpaired) electrons.